The van der Waals surface area contributed by atoms with Crippen LogP contribution >= 0.6 is 12.2 Å². The lowest BCUT2D eigenvalue weighted by atomic mass is 10.1. The molecule has 0 spiro atoms. The molecule has 0 radical (unpaired) electrons. The first-order valence-electron chi connectivity index (χ1n) is 10.6. The van der Waals surface area contributed by atoms with Crippen LogP contribution in [0.15, 0.2) is 84.8 Å². The van der Waals surface area contributed by atoms with Gasteiger partial charge in [-0.1, -0.05) is 60.5 Å². The molecule has 4 aromatic rings. The molecular weight excluding hydrogens is 316 g/mol. The van der Waals surface area contributed by atoms with E-state index in [-0.39, 0.29) is 10.8 Å². The van der Waals surface area contributed by atoms with Crippen LogP contribution in [0.1, 0.15) is 9.60 Å². The first kappa shape index (κ1) is 8.81. The van der Waals surface area contributed by atoms with Gasteiger partial charge in [0, 0.05) is 12.2 Å². The van der Waals surface area contributed by atoms with E-state index in [4.69, 9.17) is 31.3 Å². The molecule has 4 rings (SSSR count). The van der Waals surface area contributed by atoms with Crippen LogP contribution in [-0.4, -0.2) is 5.24 Å². The van der Waals surface area contributed by atoms with Crippen molar-refractivity contribution in [3.63, 3.8) is 0 Å². The monoisotopic (exact) mass is 337 g/mol. The van der Waals surface area contributed by atoms with Crippen molar-refractivity contribution in [3.05, 3.63) is 84.8 Å². The molecule has 2 nitrogen and oxygen atoms in total. The fourth-order valence-electron chi connectivity index (χ4n) is 2.25. The third-order valence-corrected chi connectivity index (χ3v) is 3.50. The second-order valence-electron chi connectivity index (χ2n) is 4.92. The van der Waals surface area contributed by atoms with Gasteiger partial charge in [-0.2, -0.15) is 0 Å². The van der Waals surface area contributed by atoms with E-state index in [1.165, 1.54) is 0 Å². The minimum Gasteiger partial charge on any atom is -0.417 e. The maximum Gasteiger partial charge on any atom is 0.363 e. The lowest BCUT2D eigenvalue weighted by molar-refractivity contribution is 0.404. The Bertz CT molecular complexity index is 1390. The zero-order chi connectivity index (χ0) is 22.4. The fourth-order valence-corrected chi connectivity index (χ4v) is 2.43. The summed E-state index contributed by atoms with van der Waals surface area (Å²) in [6.07, 6.45) is 0. The zero-order valence-electron chi connectivity index (χ0n) is 19.3. The first-order chi connectivity index (χ1) is 14.7. The van der Waals surface area contributed by atoms with Gasteiger partial charge in [-0.15, -0.1) is 0 Å². The van der Waals surface area contributed by atoms with Crippen LogP contribution in [0.2, 0.25) is 0 Å². The Morgan fingerprint density at radius 2 is 1.50 bits per heavy atom. The van der Waals surface area contributed by atoms with Crippen LogP contribution in [0, 0.1) is 0 Å². The molecule has 0 aliphatic carbocycles. The maximum atomic E-state index is 8.37. The van der Waals surface area contributed by atoms with Crippen LogP contribution in [0.3, 0.4) is 0 Å². The topological polar surface area (TPSA) is 18.5 Å². The van der Waals surface area contributed by atoms with Gasteiger partial charge in [0.2, 0.25) is 0 Å². The number of ether oxygens (including phenoxy) is 2. The fraction of sp³-hybridized carbons (Fsp3) is 0. The molecule has 4 aromatic carbocycles. The molecular formula is C21H14O2S. The number of benzene rings is 4. The molecule has 0 amide bonds. The van der Waals surface area contributed by atoms with E-state index in [0.29, 0.717) is 5.75 Å². The molecule has 0 aromatic heterocycles. The summed E-state index contributed by atoms with van der Waals surface area (Å²) in [7, 11) is 0. The summed E-state index contributed by atoms with van der Waals surface area (Å²) in [5, 5.41) is 1.09. The Kier molecular flexibility index (Phi) is 2.31. The summed E-state index contributed by atoms with van der Waals surface area (Å²) in [5.41, 5.74) is 0. The highest BCUT2D eigenvalue weighted by molar-refractivity contribution is 7.79. The predicted molar refractivity (Wildman–Crippen MR) is 102 cm³/mol. The SMILES string of the molecule is [2H]c1c([2H])c([2H])c2c([2H])c(OC(=S)Oc3ccc4ccccc4c3)c([2H])c([2H])c2c1[2H]. The molecule has 0 atom stereocenters. The van der Waals surface area contributed by atoms with E-state index in [1.54, 1.807) is 12.1 Å². The number of hydrogen-bond acceptors (Lipinski definition) is 3. The van der Waals surface area contributed by atoms with Crippen LogP contribution in [0.25, 0.3) is 21.5 Å². The standard InChI is InChI=1S/C21H14O2S/c24-21(22-19-11-9-15-5-1-3-7-17(15)13-19)23-20-12-10-16-6-2-4-8-18(16)14-20/h1-14H/i1D,3D,5D,7D,9D,11D,13D. The Balaban J connectivity index is 1.74. The normalized spacial score (nSPS) is 14.8. The Morgan fingerprint density at radius 3 is 2.38 bits per heavy atom. The summed E-state index contributed by atoms with van der Waals surface area (Å²) in [6, 6.07) is 9.41. The highest BCUT2D eigenvalue weighted by Gasteiger charge is 2.05. The molecule has 0 fully saturated rings. The van der Waals surface area contributed by atoms with Crippen LogP contribution in [0.5, 0.6) is 11.5 Å². The quantitative estimate of drug-likeness (QED) is 0.435. The number of fused-ring (bicyclic) bond motifs is 2. The zero-order valence-corrected chi connectivity index (χ0v) is 13.1. The van der Waals surface area contributed by atoms with Crippen molar-refractivity contribution in [1.29, 1.82) is 0 Å². The Labute approximate surface area is 155 Å². The van der Waals surface area contributed by atoms with Gasteiger partial charge in [0.15, 0.2) is 0 Å². The van der Waals surface area contributed by atoms with Crippen molar-refractivity contribution >= 4 is 39.0 Å². The van der Waals surface area contributed by atoms with Crippen molar-refractivity contribution in [2.24, 2.45) is 0 Å². The van der Waals surface area contributed by atoms with E-state index in [0.717, 1.165) is 10.8 Å². The Hall–Kier alpha value is -2.91. The molecule has 0 N–H and O–H groups in total. The molecule has 0 bridgehead atoms. The minimum absolute atomic E-state index is 0.212. The van der Waals surface area contributed by atoms with E-state index < -0.39 is 53.3 Å². The average Bonchev–Trinajstić information content (AvgIpc) is 2.76. The van der Waals surface area contributed by atoms with Crippen LogP contribution in [-0.2, 0) is 0 Å². The molecule has 0 saturated heterocycles. The molecule has 0 heterocycles. The molecule has 0 saturated carbocycles. The van der Waals surface area contributed by atoms with E-state index in [9.17, 15) is 0 Å². The van der Waals surface area contributed by atoms with Gasteiger partial charge in [0.1, 0.15) is 11.5 Å². The highest BCUT2D eigenvalue weighted by Crippen LogP contribution is 2.23. The number of hydrogen-bond donors (Lipinski definition) is 0. The summed E-state index contributed by atoms with van der Waals surface area (Å²) in [5.74, 6) is -0.0242. The minimum atomic E-state index is -0.538. The van der Waals surface area contributed by atoms with Gasteiger partial charge in [-0.05, 0) is 45.8 Å². The van der Waals surface area contributed by atoms with Crippen molar-refractivity contribution < 1.29 is 19.1 Å². The predicted octanol–water partition coefficient (Wildman–Crippen LogP) is 5.74. The van der Waals surface area contributed by atoms with Crippen molar-refractivity contribution in [1.82, 2.24) is 0 Å². The summed E-state index contributed by atoms with van der Waals surface area (Å²) in [4.78, 5) is 0. The third-order valence-electron chi connectivity index (χ3n) is 3.33. The van der Waals surface area contributed by atoms with Crippen molar-refractivity contribution in [2.75, 3.05) is 0 Å². The average molecular weight is 337 g/mol. The molecule has 0 aliphatic heterocycles. The summed E-state index contributed by atoms with van der Waals surface area (Å²) >= 11 is 5.11. The molecule has 24 heavy (non-hydrogen) atoms. The van der Waals surface area contributed by atoms with Crippen molar-refractivity contribution in [2.45, 2.75) is 0 Å². The van der Waals surface area contributed by atoms with Gasteiger partial charge in [-0.3, -0.25) is 0 Å². The summed E-state index contributed by atoms with van der Waals surface area (Å²) in [6.45, 7) is 0. The van der Waals surface area contributed by atoms with Gasteiger partial charge < -0.3 is 9.47 Å². The van der Waals surface area contributed by atoms with E-state index in [2.05, 4.69) is 0 Å². The van der Waals surface area contributed by atoms with Gasteiger partial charge in [0.25, 0.3) is 0 Å². The maximum absolute atomic E-state index is 8.37. The van der Waals surface area contributed by atoms with Gasteiger partial charge in [-0.25, -0.2) is 0 Å². The lowest BCUT2D eigenvalue weighted by Gasteiger charge is -2.09. The van der Waals surface area contributed by atoms with Crippen molar-refractivity contribution in [3.8, 4) is 11.5 Å². The largest absolute Gasteiger partial charge is 0.417 e. The second kappa shape index (κ2) is 6.30. The van der Waals surface area contributed by atoms with Gasteiger partial charge in [0.05, 0.1) is 9.60 Å². The van der Waals surface area contributed by atoms with E-state index in [1.807, 2.05) is 30.3 Å². The van der Waals surface area contributed by atoms with E-state index >= 15 is 0 Å². The smallest absolute Gasteiger partial charge is 0.363 e. The molecule has 3 heteroatoms. The van der Waals surface area contributed by atoms with Crippen LogP contribution in [0.4, 0.5) is 0 Å². The number of thiocarbonyl (C=S) groups is 1. The molecule has 0 unspecified atom stereocenters. The summed E-state index contributed by atoms with van der Waals surface area (Å²) < 4.78 is 67.4. The first-order valence-corrected chi connectivity index (χ1v) is 7.49. The number of rotatable bonds is 2. The highest BCUT2D eigenvalue weighted by atomic mass is 32.1. The molecule has 116 valence electrons. The Morgan fingerprint density at radius 1 is 0.750 bits per heavy atom. The third kappa shape index (κ3) is 3.07. The molecule has 0 aliphatic rings. The van der Waals surface area contributed by atoms with Gasteiger partial charge >= 0.3 is 5.24 Å². The lowest BCUT2D eigenvalue weighted by Crippen LogP contribution is -2.13. The van der Waals surface area contributed by atoms with Crippen LogP contribution < -0.4 is 9.47 Å². The second-order valence-corrected chi connectivity index (χ2v) is 5.25.